The molecule has 0 aromatic rings. The Morgan fingerprint density at radius 1 is 1.19 bits per heavy atom. The molecule has 7 nitrogen and oxygen atoms in total. The van der Waals surface area contributed by atoms with Gasteiger partial charge in [-0.05, 0) is 25.7 Å². The smallest absolute Gasteiger partial charge is 0.306 e. The number of carboxylic acids is 1. The molecular formula is C13H22N2O5S. The normalized spacial score (nSPS) is 30.3. The minimum absolute atomic E-state index is 0.0289. The summed E-state index contributed by atoms with van der Waals surface area (Å²) in [6.45, 7) is 0.903. The van der Waals surface area contributed by atoms with E-state index in [9.17, 15) is 18.0 Å². The maximum absolute atomic E-state index is 12.4. The number of carbonyl (C=O) groups excluding carboxylic acids is 1. The fourth-order valence-corrected chi connectivity index (χ4v) is 4.05. The van der Waals surface area contributed by atoms with Gasteiger partial charge < -0.3 is 10.0 Å². The molecule has 1 saturated carbocycles. The van der Waals surface area contributed by atoms with Crippen molar-refractivity contribution in [3.05, 3.63) is 0 Å². The maximum atomic E-state index is 12.4. The molecular weight excluding hydrogens is 296 g/mol. The van der Waals surface area contributed by atoms with Crippen LogP contribution in [-0.4, -0.2) is 55.7 Å². The van der Waals surface area contributed by atoms with Gasteiger partial charge in [0.25, 0.3) is 0 Å². The maximum Gasteiger partial charge on any atom is 0.306 e. The number of carboxylic acid groups (broad SMARTS) is 1. The largest absolute Gasteiger partial charge is 0.481 e. The topological polar surface area (TPSA) is 104 Å². The molecule has 0 bridgehead atoms. The summed E-state index contributed by atoms with van der Waals surface area (Å²) in [5.41, 5.74) is 0. The molecule has 2 fully saturated rings. The van der Waals surface area contributed by atoms with Crippen LogP contribution in [0.2, 0.25) is 0 Å². The van der Waals surface area contributed by atoms with Gasteiger partial charge in [-0.1, -0.05) is 6.42 Å². The highest BCUT2D eigenvalue weighted by molar-refractivity contribution is 7.88. The van der Waals surface area contributed by atoms with E-state index in [1.807, 2.05) is 0 Å². The average molecular weight is 318 g/mol. The third-order valence-corrected chi connectivity index (χ3v) is 5.01. The Balaban J connectivity index is 1.91. The van der Waals surface area contributed by atoms with Crippen LogP contribution < -0.4 is 4.72 Å². The number of nitrogens with one attached hydrogen (secondary N) is 1. The van der Waals surface area contributed by atoms with Crippen LogP contribution in [0.25, 0.3) is 0 Å². The highest BCUT2D eigenvalue weighted by atomic mass is 32.2. The Hall–Kier alpha value is -1.15. The lowest BCUT2D eigenvalue weighted by atomic mass is 9.81. The highest BCUT2D eigenvalue weighted by Crippen LogP contribution is 2.31. The molecule has 1 aliphatic heterocycles. The molecule has 120 valence electrons. The van der Waals surface area contributed by atoms with E-state index in [4.69, 9.17) is 5.11 Å². The number of hydrogen-bond donors (Lipinski definition) is 2. The summed E-state index contributed by atoms with van der Waals surface area (Å²) in [6, 6.07) is -0.234. The summed E-state index contributed by atoms with van der Waals surface area (Å²) >= 11 is 0. The van der Waals surface area contributed by atoms with E-state index in [0.717, 1.165) is 19.1 Å². The van der Waals surface area contributed by atoms with Crippen molar-refractivity contribution in [2.45, 2.75) is 38.1 Å². The van der Waals surface area contributed by atoms with Crippen LogP contribution in [0.4, 0.5) is 0 Å². The molecule has 3 unspecified atom stereocenters. The predicted molar refractivity (Wildman–Crippen MR) is 76.0 cm³/mol. The van der Waals surface area contributed by atoms with E-state index in [0.29, 0.717) is 32.4 Å². The van der Waals surface area contributed by atoms with E-state index >= 15 is 0 Å². The second-order valence-electron chi connectivity index (χ2n) is 6.06. The quantitative estimate of drug-likeness (QED) is 0.761. The van der Waals surface area contributed by atoms with Crippen LogP contribution in [0.15, 0.2) is 0 Å². The first-order chi connectivity index (χ1) is 9.76. The zero-order valence-electron chi connectivity index (χ0n) is 12.1. The minimum atomic E-state index is -3.27. The Morgan fingerprint density at radius 3 is 2.48 bits per heavy atom. The van der Waals surface area contributed by atoms with Crippen molar-refractivity contribution in [1.29, 1.82) is 0 Å². The Bertz CT molecular complexity index is 519. The molecule has 2 rings (SSSR count). The molecule has 0 radical (unpaired) electrons. The lowest BCUT2D eigenvalue weighted by Crippen LogP contribution is -2.41. The van der Waals surface area contributed by atoms with Gasteiger partial charge in [-0.25, -0.2) is 13.1 Å². The summed E-state index contributed by atoms with van der Waals surface area (Å²) in [6.07, 6.45) is 4.23. The second kappa shape index (κ2) is 6.31. The molecule has 0 aromatic carbocycles. The molecule has 3 atom stereocenters. The van der Waals surface area contributed by atoms with Crippen molar-refractivity contribution in [3.8, 4) is 0 Å². The molecule has 8 heteroatoms. The van der Waals surface area contributed by atoms with E-state index in [-0.39, 0.29) is 17.9 Å². The molecule has 21 heavy (non-hydrogen) atoms. The zero-order valence-corrected chi connectivity index (χ0v) is 12.9. The second-order valence-corrected chi connectivity index (χ2v) is 7.84. The minimum Gasteiger partial charge on any atom is -0.481 e. The van der Waals surface area contributed by atoms with Crippen molar-refractivity contribution >= 4 is 21.9 Å². The standard InChI is InChI=1S/C13H22N2O5S/c1-21(19,20)14-11-5-6-15(8-11)12(16)9-3-2-4-10(7-9)13(17)18/h9-11,14H,2-8H2,1H3,(H,17,18). The summed E-state index contributed by atoms with van der Waals surface area (Å²) in [5.74, 6) is -1.53. The molecule has 2 aliphatic rings. The van der Waals surface area contributed by atoms with Crippen LogP contribution in [0.3, 0.4) is 0 Å². The Kier molecular flexibility index (Phi) is 4.88. The monoisotopic (exact) mass is 318 g/mol. The number of rotatable bonds is 4. The number of hydrogen-bond acceptors (Lipinski definition) is 4. The fourth-order valence-electron chi connectivity index (χ4n) is 3.26. The summed E-state index contributed by atoms with van der Waals surface area (Å²) in [4.78, 5) is 25.2. The van der Waals surface area contributed by atoms with Crippen LogP contribution in [0, 0.1) is 11.8 Å². The van der Waals surface area contributed by atoms with Gasteiger partial charge in [0.05, 0.1) is 12.2 Å². The number of sulfonamides is 1. The lowest BCUT2D eigenvalue weighted by Gasteiger charge is -2.29. The van der Waals surface area contributed by atoms with Gasteiger partial charge in [0, 0.05) is 25.0 Å². The third kappa shape index (κ3) is 4.41. The van der Waals surface area contributed by atoms with Gasteiger partial charge >= 0.3 is 5.97 Å². The van der Waals surface area contributed by atoms with Gasteiger partial charge in [0.1, 0.15) is 0 Å². The fraction of sp³-hybridized carbons (Fsp3) is 0.846. The van der Waals surface area contributed by atoms with Crippen molar-refractivity contribution in [1.82, 2.24) is 9.62 Å². The van der Waals surface area contributed by atoms with E-state index in [1.54, 1.807) is 4.90 Å². The van der Waals surface area contributed by atoms with Crippen LogP contribution in [-0.2, 0) is 19.6 Å². The van der Waals surface area contributed by atoms with Crippen molar-refractivity contribution in [3.63, 3.8) is 0 Å². The molecule has 1 heterocycles. The number of amides is 1. The van der Waals surface area contributed by atoms with Gasteiger partial charge in [-0.3, -0.25) is 9.59 Å². The number of nitrogens with zero attached hydrogens (tertiary/aromatic N) is 1. The molecule has 1 saturated heterocycles. The van der Waals surface area contributed by atoms with E-state index in [1.165, 1.54) is 0 Å². The van der Waals surface area contributed by atoms with E-state index < -0.39 is 21.9 Å². The average Bonchev–Trinajstić information content (AvgIpc) is 2.84. The highest BCUT2D eigenvalue weighted by Gasteiger charge is 2.36. The van der Waals surface area contributed by atoms with Gasteiger partial charge in [-0.2, -0.15) is 0 Å². The van der Waals surface area contributed by atoms with Crippen molar-refractivity contribution < 1.29 is 23.1 Å². The zero-order chi connectivity index (χ0) is 15.6. The summed E-state index contributed by atoms with van der Waals surface area (Å²) < 4.78 is 24.9. The summed E-state index contributed by atoms with van der Waals surface area (Å²) in [7, 11) is -3.27. The first kappa shape index (κ1) is 16.2. The summed E-state index contributed by atoms with van der Waals surface area (Å²) in [5, 5.41) is 9.07. The Labute approximate surface area is 124 Å². The first-order valence-corrected chi connectivity index (χ1v) is 9.14. The molecule has 0 spiro atoms. The Morgan fingerprint density at radius 2 is 1.86 bits per heavy atom. The van der Waals surface area contributed by atoms with Crippen LogP contribution in [0.5, 0.6) is 0 Å². The lowest BCUT2D eigenvalue weighted by molar-refractivity contribution is -0.145. The number of likely N-dealkylation sites (tertiary alicyclic amines) is 1. The van der Waals surface area contributed by atoms with Crippen molar-refractivity contribution in [2.24, 2.45) is 11.8 Å². The first-order valence-electron chi connectivity index (χ1n) is 7.25. The molecule has 2 N–H and O–H groups in total. The number of aliphatic carboxylic acids is 1. The van der Waals surface area contributed by atoms with Crippen LogP contribution >= 0.6 is 0 Å². The van der Waals surface area contributed by atoms with E-state index in [2.05, 4.69) is 4.72 Å². The predicted octanol–water partition coefficient (Wildman–Crippen LogP) is 0.0275. The van der Waals surface area contributed by atoms with Gasteiger partial charge in [0.15, 0.2) is 0 Å². The van der Waals surface area contributed by atoms with Crippen LogP contribution in [0.1, 0.15) is 32.1 Å². The van der Waals surface area contributed by atoms with Crippen molar-refractivity contribution in [2.75, 3.05) is 19.3 Å². The molecule has 0 aromatic heterocycles. The SMILES string of the molecule is CS(=O)(=O)NC1CCN(C(=O)C2CCCC(C(=O)O)C2)C1. The third-order valence-electron chi connectivity index (χ3n) is 4.25. The molecule has 1 aliphatic carbocycles. The number of carbonyl (C=O) groups is 2. The van der Waals surface area contributed by atoms with Gasteiger partial charge in [0.2, 0.25) is 15.9 Å². The van der Waals surface area contributed by atoms with Gasteiger partial charge in [-0.15, -0.1) is 0 Å². The molecule has 1 amide bonds.